The SMILES string of the molecule is Cc1nc2ccccc2c2c1OC1(CC2)CC2C(=O)NC3(C(=O)NS(=O)(=O)C4(C)CC4)CC3C=CCCCCCCC(=O)N2C1. The fourth-order valence-corrected chi connectivity index (χ4v) is 8.78. The first-order valence-corrected chi connectivity index (χ1v) is 17.9. The molecule has 3 amide bonds. The molecular formula is C34H42N4O6S. The molecule has 4 unspecified atom stereocenters. The third-order valence-electron chi connectivity index (χ3n) is 10.8. The van der Waals surface area contributed by atoms with Gasteiger partial charge in [-0.3, -0.25) is 19.1 Å². The largest absolute Gasteiger partial charge is 0.483 e. The zero-order valence-corrected chi connectivity index (χ0v) is 26.9. The molecule has 5 aliphatic rings. The Morgan fingerprint density at radius 1 is 1.07 bits per heavy atom. The first-order chi connectivity index (χ1) is 21.5. The van der Waals surface area contributed by atoms with Gasteiger partial charge in [-0.05, 0) is 71.3 Å². The Labute approximate surface area is 264 Å². The van der Waals surface area contributed by atoms with Gasteiger partial charge in [0, 0.05) is 29.7 Å². The van der Waals surface area contributed by atoms with Crippen LogP contribution in [0.25, 0.3) is 10.9 Å². The second-order valence-electron chi connectivity index (χ2n) is 14.1. The van der Waals surface area contributed by atoms with E-state index < -0.39 is 43.8 Å². The Bertz CT molecular complexity index is 1720. The Balaban J connectivity index is 1.19. The number of allylic oxidation sites excluding steroid dienone is 1. The molecule has 4 atom stereocenters. The zero-order valence-electron chi connectivity index (χ0n) is 26.1. The minimum Gasteiger partial charge on any atom is -0.483 e. The summed E-state index contributed by atoms with van der Waals surface area (Å²) in [5.41, 5.74) is 0.634. The number of amides is 3. The third kappa shape index (κ3) is 5.30. The quantitative estimate of drug-likeness (QED) is 0.488. The smallest absolute Gasteiger partial charge is 0.259 e. The molecule has 1 spiro atoms. The van der Waals surface area contributed by atoms with Crippen molar-refractivity contribution < 1.29 is 27.5 Å². The van der Waals surface area contributed by atoms with E-state index in [-0.39, 0.29) is 24.8 Å². The van der Waals surface area contributed by atoms with E-state index >= 15 is 0 Å². The number of sulfonamides is 1. The lowest BCUT2D eigenvalue weighted by atomic mass is 9.87. The monoisotopic (exact) mass is 634 g/mol. The average molecular weight is 635 g/mol. The van der Waals surface area contributed by atoms with Gasteiger partial charge < -0.3 is 15.0 Å². The highest BCUT2D eigenvalue weighted by Gasteiger charge is 2.63. The number of fused-ring (bicyclic) bond motifs is 5. The van der Waals surface area contributed by atoms with Crippen LogP contribution in [0.1, 0.15) is 88.8 Å². The number of rotatable bonds is 3. The molecule has 1 aromatic carbocycles. The lowest BCUT2D eigenvalue weighted by molar-refractivity contribution is -0.140. The molecule has 4 heterocycles. The van der Waals surface area contributed by atoms with Crippen LogP contribution in [0, 0.1) is 12.8 Å². The molecule has 7 rings (SSSR count). The Morgan fingerprint density at radius 2 is 1.84 bits per heavy atom. The standard InChI is InChI=1S/C34H42N4O6S/c1-22-29-25(24-12-9-10-13-26(24)35-22)15-16-33(44-29)20-27-30(40)36-34(31(41)37-45(42,43)32(2)17-18-32)19-23(34)11-7-5-3-4-6-8-14-28(39)38(27)21-33/h7,9-13,23,27H,3-6,8,14-21H2,1-2H3,(H,36,40)(H,37,41). The van der Waals surface area contributed by atoms with Crippen LogP contribution in [0.2, 0.25) is 0 Å². The van der Waals surface area contributed by atoms with E-state index in [1.807, 2.05) is 43.3 Å². The van der Waals surface area contributed by atoms with Crippen molar-refractivity contribution in [2.75, 3.05) is 6.54 Å². The van der Waals surface area contributed by atoms with E-state index in [4.69, 9.17) is 9.72 Å². The topological polar surface area (TPSA) is 135 Å². The van der Waals surface area contributed by atoms with Crippen molar-refractivity contribution in [2.24, 2.45) is 5.92 Å². The number of hydrogen-bond acceptors (Lipinski definition) is 7. The molecule has 1 aromatic heterocycles. The molecule has 240 valence electrons. The summed E-state index contributed by atoms with van der Waals surface area (Å²) in [7, 11) is -3.89. The van der Waals surface area contributed by atoms with Crippen LogP contribution in [0.4, 0.5) is 0 Å². The highest BCUT2D eigenvalue weighted by atomic mass is 32.2. The van der Waals surface area contributed by atoms with Crippen molar-refractivity contribution in [2.45, 2.75) is 113 Å². The molecule has 2 aromatic rings. The number of pyridine rings is 1. The Hall–Kier alpha value is -3.47. The lowest BCUT2D eigenvalue weighted by Gasteiger charge is -2.36. The fourth-order valence-electron chi connectivity index (χ4n) is 7.46. The molecule has 1 saturated heterocycles. The minimum atomic E-state index is -3.89. The van der Waals surface area contributed by atoms with E-state index in [2.05, 4.69) is 10.0 Å². The number of hydrogen-bond donors (Lipinski definition) is 2. The van der Waals surface area contributed by atoms with E-state index in [0.29, 0.717) is 32.1 Å². The van der Waals surface area contributed by atoms with Crippen molar-refractivity contribution >= 4 is 38.6 Å². The number of nitrogens with zero attached hydrogens (tertiary/aromatic N) is 2. The zero-order chi connectivity index (χ0) is 31.6. The number of carbonyl (C=O) groups is 3. The number of carbonyl (C=O) groups excluding carboxylic acids is 3. The first-order valence-electron chi connectivity index (χ1n) is 16.4. The maximum absolute atomic E-state index is 14.2. The molecule has 45 heavy (non-hydrogen) atoms. The summed E-state index contributed by atoms with van der Waals surface area (Å²) < 4.78 is 34.1. The molecule has 3 fully saturated rings. The molecule has 11 heteroatoms. The van der Waals surface area contributed by atoms with Crippen molar-refractivity contribution in [3.05, 3.63) is 47.7 Å². The summed E-state index contributed by atoms with van der Waals surface area (Å²) in [6, 6.07) is 7.15. The van der Waals surface area contributed by atoms with E-state index in [0.717, 1.165) is 66.4 Å². The highest BCUT2D eigenvalue weighted by Crippen LogP contribution is 2.49. The van der Waals surface area contributed by atoms with Crippen molar-refractivity contribution in [1.82, 2.24) is 19.9 Å². The summed E-state index contributed by atoms with van der Waals surface area (Å²) in [5.74, 6) is -0.854. The van der Waals surface area contributed by atoms with E-state index in [1.165, 1.54) is 0 Å². The van der Waals surface area contributed by atoms with Crippen LogP contribution in [0.3, 0.4) is 0 Å². The van der Waals surface area contributed by atoms with Crippen LogP contribution in [-0.4, -0.2) is 64.5 Å². The van der Waals surface area contributed by atoms with Gasteiger partial charge >= 0.3 is 0 Å². The van der Waals surface area contributed by atoms with Crippen molar-refractivity contribution in [3.63, 3.8) is 0 Å². The predicted molar refractivity (Wildman–Crippen MR) is 169 cm³/mol. The van der Waals surface area contributed by atoms with Gasteiger partial charge in [-0.1, -0.05) is 43.2 Å². The van der Waals surface area contributed by atoms with Crippen LogP contribution in [0.5, 0.6) is 5.75 Å². The van der Waals surface area contributed by atoms with Crippen molar-refractivity contribution in [1.29, 1.82) is 0 Å². The molecular weight excluding hydrogens is 592 g/mol. The second-order valence-corrected chi connectivity index (χ2v) is 16.3. The normalized spacial score (nSPS) is 31.1. The first kappa shape index (κ1) is 30.2. The number of ether oxygens (including phenoxy) is 1. The predicted octanol–water partition coefficient (Wildman–Crippen LogP) is 3.99. The summed E-state index contributed by atoms with van der Waals surface area (Å²) in [6.45, 7) is 3.82. The van der Waals surface area contributed by atoms with Gasteiger partial charge in [-0.2, -0.15) is 0 Å². The maximum Gasteiger partial charge on any atom is 0.259 e. The molecule has 2 saturated carbocycles. The summed E-state index contributed by atoms with van der Waals surface area (Å²) in [4.78, 5) is 48.0. The van der Waals surface area contributed by atoms with Gasteiger partial charge in [0.15, 0.2) is 0 Å². The van der Waals surface area contributed by atoms with E-state index in [1.54, 1.807) is 11.8 Å². The summed E-state index contributed by atoms with van der Waals surface area (Å²) >= 11 is 0. The van der Waals surface area contributed by atoms with Crippen LogP contribution >= 0.6 is 0 Å². The molecule has 0 bridgehead atoms. The van der Waals surface area contributed by atoms with E-state index in [9.17, 15) is 22.8 Å². The molecule has 2 N–H and O–H groups in total. The lowest BCUT2D eigenvalue weighted by Crippen LogP contribution is -2.57. The maximum atomic E-state index is 14.2. The number of para-hydroxylation sites is 1. The Morgan fingerprint density at radius 3 is 2.64 bits per heavy atom. The number of nitrogens with one attached hydrogen (secondary N) is 2. The van der Waals surface area contributed by atoms with Gasteiger partial charge in [0.25, 0.3) is 5.91 Å². The Kier molecular flexibility index (Phi) is 7.26. The number of aromatic nitrogens is 1. The third-order valence-corrected chi connectivity index (χ3v) is 12.9. The fraction of sp³-hybridized carbons (Fsp3) is 0.588. The van der Waals surface area contributed by atoms with Gasteiger partial charge in [0.1, 0.15) is 22.9 Å². The van der Waals surface area contributed by atoms with Gasteiger partial charge in [-0.25, -0.2) is 13.4 Å². The van der Waals surface area contributed by atoms with Gasteiger partial charge in [0.05, 0.1) is 22.5 Å². The highest BCUT2D eigenvalue weighted by molar-refractivity contribution is 7.91. The minimum absolute atomic E-state index is 0.0992. The number of benzene rings is 1. The van der Waals surface area contributed by atoms with Crippen LogP contribution < -0.4 is 14.8 Å². The molecule has 2 aliphatic carbocycles. The van der Waals surface area contributed by atoms with Crippen molar-refractivity contribution in [3.8, 4) is 5.75 Å². The van der Waals surface area contributed by atoms with Crippen LogP contribution in [0.15, 0.2) is 36.4 Å². The summed E-state index contributed by atoms with van der Waals surface area (Å²) in [5, 5.41) is 4.02. The van der Waals surface area contributed by atoms with Gasteiger partial charge in [0.2, 0.25) is 21.8 Å². The average Bonchev–Trinajstić information content (AvgIpc) is 3.89. The second kappa shape index (κ2) is 10.8. The van der Waals surface area contributed by atoms with Gasteiger partial charge in [-0.15, -0.1) is 0 Å². The number of aryl methyl sites for hydroxylation is 2. The molecule has 10 nitrogen and oxygen atoms in total. The molecule has 0 radical (unpaired) electrons. The van der Waals surface area contributed by atoms with Crippen LogP contribution in [-0.2, 0) is 30.8 Å². The molecule has 3 aliphatic heterocycles. The summed E-state index contributed by atoms with van der Waals surface area (Å²) in [6.07, 6.45) is 11.7.